The van der Waals surface area contributed by atoms with Crippen molar-refractivity contribution >= 4 is 17.9 Å². The second-order valence-electron chi connectivity index (χ2n) is 5.77. The van der Waals surface area contributed by atoms with Gasteiger partial charge in [0.05, 0.1) is 6.54 Å². The molecule has 0 spiro atoms. The van der Waals surface area contributed by atoms with Gasteiger partial charge >= 0.3 is 0 Å². The van der Waals surface area contributed by atoms with Crippen LogP contribution in [0, 0.1) is 6.92 Å². The van der Waals surface area contributed by atoms with Gasteiger partial charge in [-0.2, -0.15) is 0 Å². The fourth-order valence-electron chi connectivity index (χ4n) is 1.57. The van der Waals surface area contributed by atoms with E-state index < -0.39 is 0 Å². The molecule has 1 aromatic heterocycles. The normalized spacial score (nSPS) is 11.7. The Bertz CT molecular complexity index is 509. The van der Waals surface area contributed by atoms with E-state index in [-0.39, 0.29) is 23.9 Å². The first kappa shape index (κ1) is 16.0. The van der Waals surface area contributed by atoms with Gasteiger partial charge in [-0.1, -0.05) is 0 Å². The van der Waals surface area contributed by atoms with Crippen molar-refractivity contribution in [3.05, 3.63) is 29.7 Å². The molecule has 0 saturated carbocycles. The molecule has 2 amide bonds. The minimum absolute atomic E-state index is 0.0254. The number of nitrogens with one attached hydrogen (secondary N) is 1. The molecule has 1 aromatic rings. The van der Waals surface area contributed by atoms with Gasteiger partial charge in [-0.15, -0.1) is 0 Å². The zero-order valence-electron chi connectivity index (χ0n) is 12.7. The summed E-state index contributed by atoms with van der Waals surface area (Å²) in [5, 5.41) is 2.81. The Hall–Kier alpha value is -2.04. The van der Waals surface area contributed by atoms with Crippen LogP contribution >= 0.6 is 0 Å². The lowest BCUT2D eigenvalue weighted by molar-refractivity contribution is -0.131. The summed E-state index contributed by atoms with van der Waals surface area (Å²) in [7, 11) is 1.59. The molecule has 0 radical (unpaired) electrons. The van der Waals surface area contributed by atoms with Crippen molar-refractivity contribution in [2.75, 3.05) is 13.6 Å². The zero-order chi connectivity index (χ0) is 15.3. The Labute approximate surface area is 119 Å². The molecule has 0 aliphatic rings. The van der Waals surface area contributed by atoms with Crippen molar-refractivity contribution in [3.63, 3.8) is 0 Å². The van der Waals surface area contributed by atoms with Gasteiger partial charge in [0, 0.05) is 18.7 Å². The van der Waals surface area contributed by atoms with Crippen LogP contribution in [0.1, 0.15) is 32.3 Å². The first-order chi connectivity index (χ1) is 9.17. The highest BCUT2D eigenvalue weighted by molar-refractivity contribution is 5.94. The highest BCUT2D eigenvalue weighted by atomic mass is 16.3. The molecular formula is C15H22N2O3. The number of hydrogen-bond acceptors (Lipinski definition) is 3. The van der Waals surface area contributed by atoms with E-state index in [2.05, 4.69) is 5.32 Å². The number of likely N-dealkylation sites (N-methyl/N-ethyl adjacent to an activating group) is 1. The Kier molecular flexibility index (Phi) is 5.13. The van der Waals surface area contributed by atoms with Crippen molar-refractivity contribution in [2.45, 2.75) is 33.2 Å². The second-order valence-corrected chi connectivity index (χ2v) is 5.77. The molecule has 0 aliphatic carbocycles. The molecule has 5 nitrogen and oxygen atoms in total. The smallest absolute Gasteiger partial charge is 0.246 e. The van der Waals surface area contributed by atoms with Crippen LogP contribution in [-0.4, -0.2) is 35.8 Å². The molecule has 1 rings (SSSR count). The molecule has 1 N–H and O–H groups in total. The van der Waals surface area contributed by atoms with Crippen molar-refractivity contribution in [1.29, 1.82) is 0 Å². The molecule has 0 atom stereocenters. The maximum atomic E-state index is 11.8. The average Bonchev–Trinajstić information content (AvgIpc) is 2.69. The standard InChI is InChI=1S/C15H22N2O3/c1-11-6-7-12(20-11)8-9-14(19)17(5)10-13(18)16-15(2,3)4/h6-9H,10H2,1-5H3,(H,16,18)/b9-8+. The topological polar surface area (TPSA) is 62.6 Å². The number of hydrogen-bond donors (Lipinski definition) is 1. The van der Waals surface area contributed by atoms with Crippen LogP contribution < -0.4 is 5.32 Å². The van der Waals surface area contributed by atoms with Crippen molar-refractivity contribution in [1.82, 2.24) is 10.2 Å². The molecule has 0 fully saturated rings. The summed E-state index contributed by atoms with van der Waals surface area (Å²) < 4.78 is 5.32. The number of aryl methyl sites for hydroxylation is 1. The molecule has 0 bridgehead atoms. The van der Waals surface area contributed by atoms with Gasteiger partial charge in [-0.3, -0.25) is 9.59 Å². The molecule has 110 valence electrons. The average molecular weight is 278 g/mol. The van der Waals surface area contributed by atoms with Crippen LogP contribution in [0.5, 0.6) is 0 Å². The maximum absolute atomic E-state index is 11.8. The number of carbonyl (C=O) groups is 2. The van der Waals surface area contributed by atoms with Gasteiger partial charge < -0.3 is 14.6 Å². The lowest BCUT2D eigenvalue weighted by Gasteiger charge is -2.22. The third kappa shape index (κ3) is 5.73. The molecule has 5 heteroatoms. The van der Waals surface area contributed by atoms with Crippen LogP contribution in [0.2, 0.25) is 0 Å². The number of nitrogens with zero attached hydrogens (tertiary/aromatic N) is 1. The lowest BCUT2D eigenvalue weighted by atomic mass is 10.1. The summed E-state index contributed by atoms with van der Waals surface area (Å²) in [4.78, 5) is 24.9. The quantitative estimate of drug-likeness (QED) is 0.857. The number of carbonyl (C=O) groups excluding carboxylic acids is 2. The predicted octanol–water partition coefficient (Wildman–Crippen LogP) is 1.97. The van der Waals surface area contributed by atoms with Crippen LogP contribution in [0.25, 0.3) is 6.08 Å². The van der Waals surface area contributed by atoms with Gasteiger partial charge in [0.2, 0.25) is 11.8 Å². The van der Waals surface area contributed by atoms with E-state index in [0.29, 0.717) is 5.76 Å². The Morgan fingerprint density at radius 3 is 2.50 bits per heavy atom. The molecule has 0 aromatic carbocycles. The van der Waals surface area contributed by atoms with Crippen LogP contribution in [0.3, 0.4) is 0 Å². The Balaban J connectivity index is 2.51. The van der Waals surface area contributed by atoms with Crippen LogP contribution in [0.15, 0.2) is 22.6 Å². The highest BCUT2D eigenvalue weighted by Gasteiger charge is 2.16. The van der Waals surface area contributed by atoms with E-state index in [1.54, 1.807) is 19.2 Å². The monoisotopic (exact) mass is 278 g/mol. The summed E-state index contributed by atoms with van der Waals surface area (Å²) >= 11 is 0. The molecule has 0 saturated heterocycles. The lowest BCUT2D eigenvalue weighted by Crippen LogP contribution is -2.46. The first-order valence-corrected chi connectivity index (χ1v) is 6.48. The van der Waals surface area contributed by atoms with Gasteiger partial charge in [0.25, 0.3) is 0 Å². The number of rotatable bonds is 4. The molecule has 0 aliphatic heterocycles. The second kappa shape index (κ2) is 6.41. The summed E-state index contributed by atoms with van der Waals surface area (Å²) in [6.07, 6.45) is 2.98. The molecular weight excluding hydrogens is 256 g/mol. The van der Waals surface area contributed by atoms with Gasteiger partial charge in [-0.05, 0) is 45.9 Å². The number of amides is 2. The Morgan fingerprint density at radius 1 is 1.35 bits per heavy atom. The molecule has 20 heavy (non-hydrogen) atoms. The largest absolute Gasteiger partial charge is 0.462 e. The summed E-state index contributed by atoms with van der Waals surface area (Å²) in [6, 6.07) is 3.61. The van der Waals surface area contributed by atoms with Crippen molar-refractivity contribution < 1.29 is 14.0 Å². The minimum atomic E-state index is -0.303. The van der Waals surface area contributed by atoms with Gasteiger partial charge in [0.15, 0.2) is 0 Å². The van der Waals surface area contributed by atoms with E-state index in [1.165, 1.54) is 11.0 Å². The third-order valence-corrected chi connectivity index (χ3v) is 2.42. The van der Waals surface area contributed by atoms with E-state index in [9.17, 15) is 9.59 Å². The first-order valence-electron chi connectivity index (χ1n) is 6.48. The van der Waals surface area contributed by atoms with Crippen molar-refractivity contribution in [3.8, 4) is 0 Å². The Morgan fingerprint density at radius 2 is 2.00 bits per heavy atom. The predicted molar refractivity (Wildman–Crippen MR) is 78.0 cm³/mol. The van der Waals surface area contributed by atoms with E-state index in [4.69, 9.17) is 4.42 Å². The maximum Gasteiger partial charge on any atom is 0.246 e. The van der Waals surface area contributed by atoms with Gasteiger partial charge in [-0.25, -0.2) is 0 Å². The molecule has 0 unspecified atom stereocenters. The third-order valence-electron chi connectivity index (χ3n) is 2.42. The summed E-state index contributed by atoms with van der Waals surface area (Å²) in [6.45, 7) is 7.54. The summed E-state index contributed by atoms with van der Waals surface area (Å²) in [5.74, 6) is 0.970. The van der Waals surface area contributed by atoms with Crippen LogP contribution in [0.4, 0.5) is 0 Å². The zero-order valence-corrected chi connectivity index (χ0v) is 12.7. The van der Waals surface area contributed by atoms with E-state index in [0.717, 1.165) is 5.76 Å². The van der Waals surface area contributed by atoms with Crippen LogP contribution in [-0.2, 0) is 9.59 Å². The molecule has 1 heterocycles. The van der Waals surface area contributed by atoms with E-state index >= 15 is 0 Å². The highest BCUT2D eigenvalue weighted by Crippen LogP contribution is 2.08. The minimum Gasteiger partial charge on any atom is -0.462 e. The number of furan rings is 1. The summed E-state index contributed by atoms with van der Waals surface area (Å²) in [5.41, 5.74) is -0.303. The SMILES string of the molecule is Cc1ccc(/C=C/C(=O)N(C)CC(=O)NC(C)(C)C)o1. The van der Waals surface area contributed by atoms with Gasteiger partial charge in [0.1, 0.15) is 11.5 Å². The fraction of sp³-hybridized carbons (Fsp3) is 0.467. The fourth-order valence-corrected chi connectivity index (χ4v) is 1.57. The van der Waals surface area contributed by atoms with Crippen molar-refractivity contribution in [2.24, 2.45) is 0 Å². The van der Waals surface area contributed by atoms with E-state index in [1.807, 2.05) is 33.8 Å².